The first kappa shape index (κ1) is 14.0. The molecule has 6 nitrogen and oxygen atoms in total. The predicted molar refractivity (Wildman–Crippen MR) is 77.4 cm³/mol. The van der Waals surface area contributed by atoms with E-state index in [9.17, 15) is 4.79 Å². The summed E-state index contributed by atoms with van der Waals surface area (Å²) in [5.74, 6) is -0.0415. The molecule has 2 N–H and O–H groups in total. The predicted octanol–water partition coefficient (Wildman–Crippen LogP) is 1.90. The number of aromatic nitrogens is 3. The van der Waals surface area contributed by atoms with Gasteiger partial charge in [0.05, 0.1) is 18.6 Å². The van der Waals surface area contributed by atoms with Crippen LogP contribution in [0.3, 0.4) is 0 Å². The molecule has 106 valence electrons. The fourth-order valence-electron chi connectivity index (χ4n) is 1.91. The standard InChI is InChI=1S/C14H19N5O/c1-3-19(4-2)14(20)13-7-11(5-6-16-13)17-9-12-8-15-10-18-12/h5-8,10H,3-4,9H2,1-2H3,(H,15,18)(H,16,17). The number of rotatable bonds is 6. The molecule has 1 amide bonds. The Bertz CT molecular complexity index is 548. The molecule has 20 heavy (non-hydrogen) atoms. The molecule has 0 aliphatic rings. The lowest BCUT2D eigenvalue weighted by atomic mass is 10.2. The maximum Gasteiger partial charge on any atom is 0.272 e. The molecule has 0 atom stereocenters. The van der Waals surface area contributed by atoms with E-state index in [-0.39, 0.29) is 5.91 Å². The summed E-state index contributed by atoms with van der Waals surface area (Å²) >= 11 is 0. The molecule has 0 aromatic carbocycles. The largest absolute Gasteiger partial charge is 0.379 e. The lowest BCUT2D eigenvalue weighted by Crippen LogP contribution is -2.31. The minimum Gasteiger partial charge on any atom is -0.379 e. The Labute approximate surface area is 118 Å². The minimum atomic E-state index is -0.0415. The van der Waals surface area contributed by atoms with Gasteiger partial charge in [0.1, 0.15) is 5.69 Å². The number of H-pyrrole nitrogens is 1. The smallest absolute Gasteiger partial charge is 0.272 e. The summed E-state index contributed by atoms with van der Waals surface area (Å²) in [6, 6.07) is 3.62. The van der Waals surface area contributed by atoms with E-state index in [4.69, 9.17) is 0 Å². The first-order chi connectivity index (χ1) is 9.74. The third-order valence-electron chi connectivity index (χ3n) is 3.07. The molecule has 2 aromatic rings. The molecule has 0 aliphatic carbocycles. The fourth-order valence-corrected chi connectivity index (χ4v) is 1.91. The molecule has 2 aromatic heterocycles. The number of aromatic amines is 1. The number of carbonyl (C=O) groups excluding carboxylic acids is 1. The van der Waals surface area contributed by atoms with Crippen molar-refractivity contribution in [2.24, 2.45) is 0 Å². The van der Waals surface area contributed by atoms with Crippen LogP contribution in [0.1, 0.15) is 30.0 Å². The lowest BCUT2D eigenvalue weighted by Gasteiger charge is -2.18. The van der Waals surface area contributed by atoms with E-state index >= 15 is 0 Å². The molecule has 0 saturated carbocycles. The number of amides is 1. The Morgan fingerprint density at radius 1 is 1.40 bits per heavy atom. The van der Waals surface area contributed by atoms with Gasteiger partial charge in [0, 0.05) is 31.2 Å². The van der Waals surface area contributed by atoms with Crippen LogP contribution in [-0.4, -0.2) is 38.8 Å². The molecule has 0 aliphatic heterocycles. The molecule has 0 radical (unpaired) electrons. The van der Waals surface area contributed by atoms with Gasteiger partial charge in [0.2, 0.25) is 0 Å². The van der Waals surface area contributed by atoms with Crippen molar-refractivity contribution in [1.29, 1.82) is 0 Å². The Morgan fingerprint density at radius 2 is 2.20 bits per heavy atom. The van der Waals surface area contributed by atoms with E-state index < -0.39 is 0 Å². The number of nitrogens with one attached hydrogen (secondary N) is 2. The van der Waals surface area contributed by atoms with Gasteiger partial charge in [0.25, 0.3) is 5.91 Å². The molecule has 2 rings (SSSR count). The molecular weight excluding hydrogens is 254 g/mol. The van der Waals surface area contributed by atoms with E-state index in [1.807, 2.05) is 19.9 Å². The van der Waals surface area contributed by atoms with Gasteiger partial charge in [-0.15, -0.1) is 0 Å². The fraction of sp³-hybridized carbons (Fsp3) is 0.357. The monoisotopic (exact) mass is 273 g/mol. The first-order valence-electron chi connectivity index (χ1n) is 6.71. The second kappa shape index (κ2) is 6.70. The van der Waals surface area contributed by atoms with Gasteiger partial charge in [-0.05, 0) is 26.0 Å². The van der Waals surface area contributed by atoms with Crippen LogP contribution in [0.25, 0.3) is 0 Å². The number of pyridine rings is 1. The van der Waals surface area contributed by atoms with E-state index in [1.165, 1.54) is 0 Å². The third-order valence-corrected chi connectivity index (χ3v) is 3.07. The number of anilines is 1. The van der Waals surface area contributed by atoms with Crippen LogP contribution in [0.5, 0.6) is 0 Å². The highest BCUT2D eigenvalue weighted by molar-refractivity contribution is 5.93. The van der Waals surface area contributed by atoms with Crippen LogP contribution in [-0.2, 0) is 6.54 Å². The van der Waals surface area contributed by atoms with Crippen molar-refractivity contribution in [3.8, 4) is 0 Å². The quantitative estimate of drug-likeness (QED) is 0.843. The number of hydrogen-bond donors (Lipinski definition) is 2. The van der Waals surface area contributed by atoms with Gasteiger partial charge in [-0.25, -0.2) is 4.98 Å². The molecule has 0 spiro atoms. The second-order valence-corrected chi connectivity index (χ2v) is 4.34. The van der Waals surface area contributed by atoms with Crippen molar-refractivity contribution in [2.75, 3.05) is 18.4 Å². The van der Waals surface area contributed by atoms with E-state index in [1.54, 1.807) is 29.7 Å². The second-order valence-electron chi connectivity index (χ2n) is 4.34. The summed E-state index contributed by atoms with van der Waals surface area (Å²) in [6.45, 7) is 5.91. The van der Waals surface area contributed by atoms with E-state index in [2.05, 4.69) is 20.3 Å². The number of hydrogen-bond acceptors (Lipinski definition) is 4. The van der Waals surface area contributed by atoms with Crippen molar-refractivity contribution >= 4 is 11.6 Å². The zero-order chi connectivity index (χ0) is 14.4. The SMILES string of the molecule is CCN(CC)C(=O)c1cc(NCc2cnc[nH]2)ccn1. The minimum absolute atomic E-state index is 0.0415. The zero-order valence-electron chi connectivity index (χ0n) is 11.8. The van der Waals surface area contributed by atoms with Gasteiger partial charge >= 0.3 is 0 Å². The molecule has 2 heterocycles. The van der Waals surface area contributed by atoms with Crippen molar-refractivity contribution in [3.63, 3.8) is 0 Å². The van der Waals surface area contributed by atoms with Gasteiger partial charge in [0.15, 0.2) is 0 Å². The van der Waals surface area contributed by atoms with Crippen LogP contribution in [0.2, 0.25) is 0 Å². The molecule has 0 fully saturated rings. The van der Waals surface area contributed by atoms with Crippen molar-refractivity contribution in [3.05, 3.63) is 42.2 Å². The van der Waals surface area contributed by atoms with E-state index in [0.29, 0.717) is 25.3 Å². The lowest BCUT2D eigenvalue weighted by molar-refractivity contribution is 0.0767. The van der Waals surface area contributed by atoms with Crippen LogP contribution in [0.15, 0.2) is 30.9 Å². The maximum atomic E-state index is 12.2. The highest BCUT2D eigenvalue weighted by Crippen LogP contribution is 2.11. The Morgan fingerprint density at radius 3 is 2.85 bits per heavy atom. The van der Waals surface area contributed by atoms with Crippen LogP contribution in [0.4, 0.5) is 5.69 Å². The Hall–Kier alpha value is -2.37. The summed E-state index contributed by atoms with van der Waals surface area (Å²) in [5.41, 5.74) is 2.31. The number of carbonyl (C=O) groups is 1. The highest BCUT2D eigenvalue weighted by Gasteiger charge is 2.13. The van der Waals surface area contributed by atoms with Gasteiger partial charge in [-0.1, -0.05) is 0 Å². The topological polar surface area (TPSA) is 73.9 Å². The first-order valence-corrected chi connectivity index (χ1v) is 6.71. The van der Waals surface area contributed by atoms with Crippen LogP contribution >= 0.6 is 0 Å². The summed E-state index contributed by atoms with van der Waals surface area (Å²) in [4.78, 5) is 25.1. The Kier molecular flexibility index (Phi) is 4.70. The van der Waals surface area contributed by atoms with E-state index in [0.717, 1.165) is 11.4 Å². The van der Waals surface area contributed by atoms with Crippen LogP contribution in [0, 0.1) is 0 Å². The molecule has 6 heteroatoms. The van der Waals surface area contributed by atoms with Crippen LogP contribution < -0.4 is 5.32 Å². The summed E-state index contributed by atoms with van der Waals surface area (Å²) in [6.07, 6.45) is 5.04. The van der Waals surface area contributed by atoms with Gasteiger partial charge in [-0.2, -0.15) is 0 Å². The summed E-state index contributed by atoms with van der Waals surface area (Å²) in [5, 5.41) is 3.24. The average molecular weight is 273 g/mol. The highest BCUT2D eigenvalue weighted by atomic mass is 16.2. The molecule has 0 unspecified atom stereocenters. The maximum absolute atomic E-state index is 12.2. The number of imidazole rings is 1. The van der Waals surface area contributed by atoms with Crippen molar-refractivity contribution < 1.29 is 4.79 Å². The van der Waals surface area contributed by atoms with Crippen molar-refractivity contribution in [2.45, 2.75) is 20.4 Å². The average Bonchev–Trinajstić information content (AvgIpc) is 3.00. The summed E-state index contributed by atoms with van der Waals surface area (Å²) in [7, 11) is 0. The van der Waals surface area contributed by atoms with Gasteiger partial charge in [-0.3, -0.25) is 9.78 Å². The normalized spacial score (nSPS) is 10.3. The third kappa shape index (κ3) is 3.34. The van der Waals surface area contributed by atoms with Gasteiger partial charge < -0.3 is 15.2 Å². The number of nitrogens with zero attached hydrogens (tertiary/aromatic N) is 3. The molecule has 0 saturated heterocycles. The Balaban J connectivity index is 2.05. The molecule has 0 bridgehead atoms. The van der Waals surface area contributed by atoms with Crippen molar-refractivity contribution in [1.82, 2.24) is 19.9 Å². The zero-order valence-corrected chi connectivity index (χ0v) is 11.8. The summed E-state index contributed by atoms with van der Waals surface area (Å²) < 4.78 is 0. The molecular formula is C14H19N5O.